The van der Waals surface area contributed by atoms with Crippen molar-refractivity contribution in [3.05, 3.63) is 33.8 Å². The van der Waals surface area contributed by atoms with Crippen molar-refractivity contribution in [3.8, 4) is 0 Å². The Morgan fingerprint density at radius 1 is 1.17 bits per heavy atom. The lowest BCUT2D eigenvalue weighted by atomic mass is 9.79. The summed E-state index contributed by atoms with van der Waals surface area (Å²) in [6.07, 6.45) is 4.91. The maximum Gasteiger partial charge on any atom is 0.0609 e. The van der Waals surface area contributed by atoms with E-state index >= 15 is 0 Å². The number of rotatable bonds is 3. The molecular weight excluding hydrogens is 267 g/mol. The summed E-state index contributed by atoms with van der Waals surface area (Å²) in [7, 11) is 0. The molecule has 100 valence electrons. The van der Waals surface area contributed by atoms with Crippen molar-refractivity contribution in [2.24, 2.45) is 11.8 Å². The van der Waals surface area contributed by atoms with E-state index < -0.39 is 0 Å². The molecule has 2 rings (SSSR count). The van der Waals surface area contributed by atoms with Gasteiger partial charge in [-0.15, -0.1) is 0 Å². The largest absolute Gasteiger partial charge is 0.392 e. The average Bonchev–Trinajstić information content (AvgIpc) is 2.34. The van der Waals surface area contributed by atoms with Crippen molar-refractivity contribution in [1.29, 1.82) is 0 Å². The van der Waals surface area contributed by atoms with Crippen LogP contribution in [0.4, 0.5) is 0 Å². The second-order valence-corrected chi connectivity index (χ2v) is 6.31. The maximum absolute atomic E-state index is 10.3. The minimum absolute atomic E-state index is 0.324. The zero-order chi connectivity index (χ0) is 13.1. The first kappa shape index (κ1) is 14.2. The average molecular weight is 287 g/mol. The molecule has 1 aromatic rings. The van der Waals surface area contributed by atoms with Crippen LogP contribution in [0.2, 0.25) is 10.0 Å². The van der Waals surface area contributed by atoms with Gasteiger partial charge >= 0.3 is 0 Å². The molecule has 18 heavy (non-hydrogen) atoms. The SMILES string of the molecule is CC1CCC(C(O)Cc2c(Cl)cccc2Cl)CC1. The summed E-state index contributed by atoms with van der Waals surface area (Å²) in [5, 5.41) is 11.7. The Hall–Kier alpha value is -0.240. The van der Waals surface area contributed by atoms with E-state index in [2.05, 4.69) is 6.92 Å². The quantitative estimate of drug-likeness (QED) is 0.852. The second-order valence-electron chi connectivity index (χ2n) is 5.49. The molecule has 1 aromatic carbocycles. The van der Waals surface area contributed by atoms with Crippen LogP contribution in [0, 0.1) is 11.8 Å². The molecule has 1 aliphatic rings. The Kier molecular flexibility index (Phi) is 4.94. The highest BCUT2D eigenvalue weighted by Gasteiger charge is 2.25. The van der Waals surface area contributed by atoms with Crippen molar-refractivity contribution >= 4 is 23.2 Å². The molecule has 1 unspecified atom stereocenters. The van der Waals surface area contributed by atoms with Gasteiger partial charge in [0.25, 0.3) is 0 Å². The van der Waals surface area contributed by atoms with Crippen LogP contribution in [0.15, 0.2) is 18.2 Å². The van der Waals surface area contributed by atoms with Gasteiger partial charge in [0.15, 0.2) is 0 Å². The van der Waals surface area contributed by atoms with Crippen molar-refractivity contribution in [1.82, 2.24) is 0 Å². The van der Waals surface area contributed by atoms with Crippen LogP contribution in [0.5, 0.6) is 0 Å². The molecule has 0 radical (unpaired) electrons. The second kappa shape index (κ2) is 6.27. The van der Waals surface area contributed by atoms with Gasteiger partial charge in [-0.05, 0) is 42.4 Å². The molecule has 0 aliphatic heterocycles. The van der Waals surface area contributed by atoms with E-state index in [9.17, 15) is 5.11 Å². The highest BCUT2D eigenvalue weighted by Crippen LogP contribution is 2.33. The number of hydrogen-bond donors (Lipinski definition) is 1. The first-order chi connectivity index (χ1) is 8.58. The lowest BCUT2D eigenvalue weighted by Crippen LogP contribution is -2.27. The number of hydrogen-bond acceptors (Lipinski definition) is 1. The summed E-state index contributed by atoms with van der Waals surface area (Å²) in [5.74, 6) is 1.20. The summed E-state index contributed by atoms with van der Waals surface area (Å²) in [6, 6.07) is 5.50. The Labute approximate surface area is 119 Å². The molecule has 0 spiro atoms. The topological polar surface area (TPSA) is 20.2 Å². The molecule has 0 amide bonds. The lowest BCUT2D eigenvalue weighted by Gasteiger charge is -2.30. The zero-order valence-corrected chi connectivity index (χ0v) is 12.2. The summed E-state index contributed by atoms with van der Waals surface area (Å²) in [6.45, 7) is 2.29. The van der Waals surface area contributed by atoms with E-state index in [0.717, 1.165) is 24.3 Å². The Morgan fingerprint density at radius 3 is 2.28 bits per heavy atom. The van der Waals surface area contributed by atoms with E-state index in [1.807, 2.05) is 18.2 Å². The van der Waals surface area contributed by atoms with E-state index in [1.165, 1.54) is 12.8 Å². The molecule has 1 N–H and O–H groups in total. The molecule has 0 bridgehead atoms. The molecule has 1 nitrogen and oxygen atoms in total. The molecule has 1 atom stereocenters. The lowest BCUT2D eigenvalue weighted by molar-refractivity contribution is 0.0761. The van der Waals surface area contributed by atoms with Gasteiger partial charge in [-0.2, -0.15) is 0 Å². The van der Waals surface area contributed by atoms with Crippen LogP contribution in [-0.2, 0) is 6.42 Å². The zero-order valence-electron chi connectivity index (χ0n) is 10.7. The molecule has 1 aliphatic carbocycles. The molecular formula is C15H20Cl2O. The van der Waals surface area contributed by atoms with Gasteiger partial charge in [0.1, 0.15) is 0 Å². The third-order valence-corrected chi connectivity index (χ3v) is 4.79. The van der Waals surface area contributed by atoms with E-state index in [1.54, 1.807) is 0 Å². The number of aliphatic hydroxyl groups is 1. The van der Waals surface area contributed by atoms with Crippen LogP contribution in [0.3, 0.4) is 0 Å². The minimum atomic E-state index is -0.324. The van der Waals surface area contributed by atoms with E-state index in [4.69, 9.17) is 23.2 Å². The van der Waals surface area contributed by atoms with Crippen molar-refractivity contribution in [2.75, 3.05) is 0 Å². The standard InChI is InChI=1S/C15H20Cl2O/c1-10-5-7-11(8-6-10)15(18)9-12-13(16)3-2-4-14(12)17/h2-4,10-11,15,18H,5-9H2,1H3. The minimum Gasteiger partial charge on any atom is -0.392 e. The Bertz CT molecular complexity index is 377. The van der Waals surface area contributed by atoms with Crippen molar-refractivity contribution in [2.45, 2.75) is 45.1 Å². The van der Waals surface area contributed by atoms with E-state index in [0.29, 0.717) is 22.4 Å². The van der Waals surface area contributed by atoms with E-state index in [-0.39, 0.29) is 6.10 Å². The van der Waals surface area contributed by atoms with Gasteiger partial charge in [-0.1, -0.05) is 49.0 Å². The van der Waals surface area contributed by atoms with Crippen LogP contribution >= 0.6 is 23.2 Å². The monoisotopic (exact) mass is 286 g/mol. The maximum atomic E-state index is 10.3. The van der Waals surface area contributed by atoms with Gasteiger partial charge in [-0.25, -0.2) is 0 Å². The third-order valence-electron chi connectivity index (χ3n) is 4.08. The summed E-state index contributed by atoms with van der Waals surface area (Å²) in [4.78, 5) is 0. The van der Waals surface area contributed by atoms with Gasteiger partial charge in [0.2, 0.25) is 0 Å². The molecule has 1 saturated carbocycles. The molecule has 0 heterocycles. The molecule has 0 saturated heterocycles. The first-order valence-corrected chi connectivity index (χ1v) is 7.44. The number of aliphatic hydroxyl groups excluding tert-OH is 1. The predicted molar refractivity (Wildman–Crippen MR) is 77.3 cm³/mol. The smallest absolute Gasteiger partial charge is 0.0609 e. The molecule has 1 fully saturated rings. The van der Waals surface area contributed by atoms with Gasteiger partial charge in [-0.3, -0.25) is 0 Å². The predicted octanol–water partition coefficient (Wildman–Crippen LogP) is 4.72. The Balaban J connectivity index is 2.00. The van der Waals surface area contributed by atoms with Crippen LogP contribution < -0.4 is 0 Å². The van der Waals surface area contributed by atoms with Crippen LogP contribution in [0.25, 0.3) is 0 Å². The first-order valence-electron chi connectivity index (χ1n) is 6.69. The fourth-order valence-electron chi connectivity index (χ4n) is 2.77. The highest BCUT2D eigenvalue weighted by molar-refractivity contribution is 6.35. The normalized spacial score (nSPS) is 26.0. The fourth-order valence-corrected chi connectivity index (χ4v) is 3.33. The summed E-state index contributed by atoms with van der Waals surface area (Å²) in [5.41, 5.74) is 0.881. The summed E-state index contributed by atoms with van der Waals surface area (Å²) >= 11 is 12.3. The molecule has 3 heteroatoms. The van der Waals surface area contributed by atoms with Crippen LogP contribution in [0.1, 0.15) is 38.2 Å². The van der Waals surface area contributed by atoms with Crippen molar-refractivity contribution < 1.29 is 5.11 Å². The molecule has 0 aromatic heterocycles. The number of halogens is 2. The van der Waals surface area contributed by atoms with Crippen LogP contribution in [-0.4, -0.2) is 11.2 Å². The van der Waals surface area contributed by atoms with Crippen molar-refractivity contribution in [3.63, 3.8) is 0 Å². The fraction of sp³-hybridized carbons (Fsp3) is 0.600. The summed E-state index contributed by atoms with van der Waals surface area (Å²) < 4.78 is 0. The Morgan fingerprint density at radius 2 is 1.72 bits per heavy atom. The van der Waals surface area contributed by atoms with Gasteiger partial charge in [0.05, 0.1) is 6.10 Å². The van der Waals surface area contributed by atoms with Gasteiger partial charge < -0.3 is 5.11 Å². The number of benzene rings is 1. The highest BCUT2D eigenvalue weighted by atomic mass is 35.5. The van der Waals surface area contributed by atoms with Gasteiger partial charge in [0, 0.05) is 16.5 Å². The third kappa shape index (κ3) is 3.40.